The zero-order valence-electron chi connectivity index (χ0n) is 10.7. The van der Waals surface area contributed by atoms with E-state index in [1.807, 2.05) is 26.8 Å². The van der Waals surface area contributed by atoms with E-state index in [4.69, 9.17) is 0 Å². The molecular formula is C13H15F3OS. The first-order valence-electron chi connectivity index (χ1n) is 5.37. The molecule has 0 spiro atoms. The lowest BCUT2D eigenvalue weighted by molar-refractivity contribution is -0.0885. The van der Waals surface area contributed by atoms with E-state index in [2.05, 4.69) is 0 Å². The van der Waals surface area contributed by atoms with E-state index in [0.717, 1.165) is 5.56 Å². The highest BCUT2D eigenvalue weighted by atomic mass is 32.2. The third-order valence-corrected chi connectivity index (χ3v) is 3.24. The van der Waals surface area contributed by atoms with Crippen molar-refractivity contribution in [2.24, 2.45) is 0 Å². The van der Waals surface area contributed by atoms with Crippen LogP contribution in [0.1, 0.15) is 36.7 Å². The highest BCUT2D eigenvalue weighted by Gasteiger charge is 2.39. The Hall–Kier alpha value is -0.970. The quantitative estimate of drug-likeness (QED) is 0.586. The van der Waals surface area contributed by atoms with Gasteiger partial charge in [-0.15, -0.1) is 11.8 Å². The fourth-order valence-corrected chi connectivity index (χ4v) is 1.93. The molecule has 0 unspecified atom stereocenters. The van der Waals surface area contributed by atoms with Crippen LogP contribution in [0.2, 0.25) is 0 Å². The van der Waals surface area contributed by atoms with Gasteiger partial charge in [0.05, 0.1) is 0 Å². The number of rotatable bonds is 2. The summed E-state index contributed by atoms with van der Waals surface area (Å²) in [4.78, 5) is 11.9. The minimum atomic E-state index is -4.83. The molecule has 1 aromatic rings. The summed E-state index contributed by atoms with van der Waals surface area (Å²) in [6, 6.07) is 4.43. The van der Waals surface area contributed by atoms with E-state index in [1.54, 1.807) is 6.26 Å². The monoisotopic (exact) mass is 276 g/mol. The minimum Gasteiger partial charge on any atom is -0.284 e. The fourth-order valence-electron chi connectivity index (χ4n) is 1.44. The maximum atomic E-state index is 12.4. The van der Waals surface area contributed by atoms with E-state index in [1.165, 1.54) is 23.9 Å². The molecule has 0 fully saturated rings. The van der Waals surface area contributed by atoms with Crippen LogP contribution in [0, 0.1) is 0 Å². The third kappa shape index (κ3) is 3.51. The number of hydrogen-bond donors (Lipinski definition) is 0. The van der Waals surface area contributed by atoms with Crippen molar-refractivity contribution < 1.29 is 18.0 Å². The number of halogens is 3. The van der Waals surface area contributed by atoms with Gasteiger partial charge < -0.3 is 0 Å². The molecule has 100 valence electrons. The van der Waals surface area contributed by atoms with E-state index < -0.39 is 12.0 Å². The predicted molar refractivity (Wildman–Crippen MR) is 67.3 cm³/mol. The summed E-state index contributed by atoms with van der Waals surface area (Å²) in [5.41, 5.74) is 0.132. The Bertz CT molecular complexity index is 458. The van der Waals surface area contributed by atoms with E-state index in [-0.39, 0.29) is 11.0 Å². The second kappa shape index (κ2) is 4.96. The number of hydrogen-bond acceptors (Lipinski definition) is 2. The average molecular weight is 276 g/mol. The van der Waals surface area contributed by atoms with Crippen LogP contribution in [0.4, 0.5) is 13.2 Å². The van der Waals surface area contributed by atoms with Gasteiger partial charge >= 0.3 is 6.18 Å². The lowest BCUT2D eigenvalue weighted by Crippen LogP contribution is -2.23. The second-order valence-electron chi connectivity index (χ2n) is 5.03. The lowest BCUT2D eigenvalue weighted by atomic mass is 9.86. The van der Waals surface area contributed by atoms with Gasteiger partial charge in [0.15, 0.2) is 0 Å². The molecule has 0 heterocycles. The third-order valence-electron chi connectivity index (χ3n) is 2.53. The SMILES string of the molecule is CSc1cc(C(=O)C(F)(F)F)cc(C(C)(C)C)c1. The summed E-state index contributed by atoms with van der Waals surface area (Å²) < 4.78 is 37.3. The van der Waals surface area contributed by atoms with E-state index in [0.29, 0.717) is 4.90 Å². The molecule has 0 saturated carbocycles. The topological polar surface area (TPSA) is 17.1 Å². The standard InChI is InChI=1S/C13H15F3OS/c1-12(2,3)9-5-8(6-10(7-9)18-4)11(17)13(14,15)16/h5-7H,1-4H3. The molecule has 1 rings (SSSR count). The minimum absolute atomic E-state index is 0.292. The van der Waals surface area contributed by atoms with Crippen molar-refractivity contribution in [3.05, 3.63) is 29.3 Å². The van der Waals surface area contributed by atoms with Crippen LogP contribution < -0.4 is 0 Å². The van der Waals surface area contributed by atoms with Crippen molar-refractivity contribution in [3.8, 4) is 0 Å². The maximum absolute atomic E-state index is 12.4. The molecule has 18 heavy (non-hydrogen) atoms. The normalized spacial score (nSPS) is 12.6. The van der Waals surface area contributed by atoms with Gasteiger partial charge in [-0.05, 0) is 35.4 Å². The van der Waals surface area contributed by atoms with Crippen molar-refractivity contribution in [3.63, 3.8) is 0 Å². The number of carbonyl (C=O) groups is 1. The highest BCUT2D eigenvalue weighted by molar-refractivity contribution is 7.98. The van der Waals surface area contributed by atoms with Gasteiger partial charge in [0, 0.05) is 10.5 Å². The number of ketones is 1. The molecule has 0 amide bonds. The van der Waals surface area contributed by atoms with Crippen LogP contribution in [0.3, 0.4) is 0 Å². The van der Waals surface area contributed by atoms with Crippen molar-refractivity contribution in [2.45, 2.75) is 37.3 Å². The van der Waals surface area contributed by atoms with Crippen LogP contribution >= 0.6 is 11.8 Å². The Balaban J connectivity index is 3.34. The van der Waals surface area contributed by atoms with Crippen LogP contribution in [-0.4, -0.2) is 18.2 Å². The molecule has 0 aliphatic carbocycles. The van der Waals surface area contributed by atoms with Gasteiger partial charge in [-0.1, -0.05) is 20.8 Å². The molecule has 0 bridgehead atoms. The first-order valence-corrected chi connectivity index (χ1v) is 6.59. The highest BCUT2D eigenvalue weighted by Crippen LogP contribution is 2.30. The van der Waals surface area contributed by atoms with Crippen molar-refractivity contribution in [1.82, 2.24) is 0 Å². The Morgan fingerprint density at radius 1 is 1.11 bits per heavy atom. The average Bonchev–Trinajstić information content (AvgIpc) is 2.25. The molecule has 0 saturated heterocycles. The van der Waals surface area contributed by atoms with Crippen molar-refractivity contribution in [1.29, 1.82) is 0 Å². The number of carbonyl (C=O) groups excluding carboxylic acids is 1. The van der Waals surface area contributed by atoms with Gasteiger partial charge in [0.25, 0.3) is 5.78 Å². The zero-order chi connectivity index (χ0) is 14.1. The molecular weight excluding hydrogens is 261 g/mol. The molecule has 1 nitrogen and oxygen atoms in total. The molecule has 1 aromatic carbocycles. The first kappa shape index (κ1) is 15.1. The molecule has 0 aliphatic rings. The summed E-state index contributed by atoms with van der Waals surface area (Å²) in [5.74, 6) is -1.79. The molecule has 0 aliphatic heterocycles. The Morgan fingerprint density at radius 2 is 1.67 bits per heavy atom. The van der Waals surface area contributed by atoms with Crippen molar-refractivity contribution >= 4 is 17.5 Å². The number of benzene rings is 1. The Kier molecular flexibility index (Phi) is 4.15. The maximum Gasteiger partial charge on any atom is 0.454 e. The lowest BCUT2D eigenvalue weighted by Gasteiger charge is -2.21. The number of Topliss-reactive ketones (excluding diaryl/α,β-unsaturated/α-hetero) is 1. The molecule has 0 atom stereocenters. The van der Waals surface area contributed by atoms with E-state index >= 15 is 0 Å². The van der Waals surface area contributed by atoms with Gasteiger partial charge in [-0.3, -0.25) is 4.79 Å². The van der Waals surface area contributed by atoms with Crippen LogP contribution in [-0.2, 0) is 5.41 Å². The molecule has 0 N–H and O–H groups in total. The van der Waals surface area contributed by atoms with Gasteiger partial charge in [-0.2, -0.15) is 13.2 Å². The first-order chi connectivity index (χ1) is 8.05. The smallest absolute Gasteiger partial charge is 0.284 e. The van der Waals surface area contributed by atoms with Crippen molar-refractivity contribution in [2.75, 3.05) is 6.26 Å². The van der Waals surface area contributed by atoms with Crippen LogP contribution in [0.5, 0.6) is 0 Å². The van der Waals surface area contributed by atoms with Gasteiger partial charge in [0.1, 0.15) is 0 Å². The van der Waals surface area contributed by atoms with Gasteiger partial charge in [-0.25, -0.2) is 0 Å². The number of alkyl halides is 3. The van der Waals surface area contributed by atoms with Crippen LogP contribution in [0.25, 0.3) is 0 Å². The fraction of sp³-hybridized carbons (Fsp3) is 0.462. The zero-order valence-corrected chi connectivity index (χ0v) is 11.5. The van der Waals surface area contributed by atoms with E-state index in [9.17, 15) is 18.0 Å². The Labute approximate surface area is 109 Å². The summed E-state index contributed by atoms with van der Waals surface area (Å²) in [7, 11) is 0. The molecule has 0 aromatic heterocycles. The summed E-state index contributed by atoms with van der Waals surface area (Å²) in [5, 5.41) is 0. The predicted octanol–water partition coefficient (Wildman–Crippen LogP) is 4.45. The largest absolute Gasteiger partial charge is 0.454 e. The van der Waals surface area contributed by atoms with Crippen LogP contribution in [0.15, 0.2) is 23.1 Å². The Morgan fingerprint density at radius 3 is 2.06 bits per heavy atom. The van der Waals surface area contributed by atoms with Gasteiger partial charge in [0.2, 0.25) is 0 Å². The summed E-state index contributed by atoms with van der Waals surface area (Å²) in [6.07, 6.45) is -3.06. The molecule has 5 heteroatoms. The summed E-state index contributed by atoms with van der Waals surface area (Å²) >= 11 is 1.32. The second-order valence-corrected chi connectivity index (χ2v) is 5.91. The molecule has 0 radical (unpaired) electrons. The summed E-state index contributed by atoms with van der Waals surface area (Å²) in [6.45, 7) is 5.69. The number of thioether (sulfide) groups is 1.